The first-order valence-corrected chi connectivity index (χ1v) is 8.88. The van der Waals surface area contributed by atoms with Crippen LogP contribution in [0.1, 0.15) is 34.0 Å². The molecular weight excluding hydrogens is 342 g/mol. The van der Waals surface area contributed by atoms with Crippen molar-refractivity contribution in [2.24, 2.45) is 0 Å². The van der Waals surface area contributed by atoms with E-state index < -0.39 is 11.8 Å². The Kier molecular flexibility index (Phi) is 5.18. The lowest BCUT2D eigenvalue weighted by Gasteiger charge is -2.33. The summed E-state index contributed by atoms with van der Waals surface area (Å²) in [6.45, 7) is 2.35. The van der Waals surface area contributed by atoms with Crippen molar-refractivity contribution in [3.05, 3.63) is 46.0 Å². The Bertz CT molecular complexity index is 769. The molecule has 2 aromatic rings. The number of hydrogen-bond donors (Lipinski definition) is 2. The fraction of sp³-hybridized carbons (Fsp3) is 0.353. The topological polar surface area (TPSA) is 91.7 Å². The summed E-state index contributed by atoms with van der Waals surface area (Å²) in [7, 11) is 0. The number of carbonyl (C=O) groups excluding carboxylic acids is 3. The molecule has 3 rings (SSSR count). The van der Waals surface area contributed by atoms with E-state index in [0.29, 0.717) is 6.54 Å². The Morgan fingerprint density at radius 1 is 1.28 bits per heavy atom. The summed E-state index contributed by atoms with van der Waals surface area (Å²) in [6, 6.07) is 5.16. The van der Waals surface area contributed by atoms with Crippen LogP contribution in [0.2, 0.25) is 0 Å². The number of carbonyl (C=O) groups is 3. The van der Waals surface area contributed by atoms with Gasteiger partial charge in [0.2, 0.25) is 11.8 Å². The van der Waals surface area contributed by atoms with E-state index in [4.69, 9.17) is 4.42 Å². The first-order chi connectivity index (χ1) is 12.1. The maximum absolute atomic E-state index is 12.4. The summed E-state index contributed by atoms with van der Waals surface area (Å²) in [5.41, 5.74) is 1.18. The second kappa shape index (κ2) is 7.52. The third kappa shape index (κ3) is 3.90. The molecule has 0 aliphatic carbocycles. The standard InChI is InChI=1S/C17H19N3O4S/c1-11-12-5-8-25-14(12)4-6-20(11)16(22)10-18-15(21)9-19-17(23)13-3-2-7-24-13/h2-3,5,7-8,11H,4,6,9-10H2,1H3,(H,18,21)(H,19,23)/t11-/m1/s1. The zero-order valence-electron chi connectivity index (χ0n) is 13.8. The molecule has 7 nitrogen and oxygen atoms in total. The molecule has 3 heterocycles. The maximum atomic E-state index is 12.4. The molecule has 2 aromatic heterocycles. The van der Waals surface area contributed by atoms with Crippen molar-refractivity contribution in [2.45, 2.75) is 19.4 Å². The Labute approximate surface area is 149 Å². The maximum Gasteiger partial charge on any atom is 0.287 e. The van der Waals surface area contributed by atoms with Crippen molar-refractivity contribution in [2.75, 3.05) is 19.6 Å². The van der Waals surface area contributed by atoms with Crippen LogP contribution in [0, 0.1) is 0 Å². The van der Waals surface area contributed by atoms with Crippen molar-refractivity contribution < 1.29 is 18.8 Å². The highest BCUT2D eigenvalue weighted by molar-refractivity contribution is 7.10. The molecular formula is C17H19N3O4S. The normalized spacial score (nSPS) is 16.2. The fourth-order valence-corrected chi connectivity index (χ4v) is 3.81. The molecule has 0 aromatic carbocycles. The molecule has 0 spiro atoms. The largest absolute Gasteiger partial charge is 0.459 e. The SMILES string of the molecule is C[C@@H]1c2ccsc2CCN1C(=O)CNC(=O)CNC(=O)c1ccco1. The lowest BCUT2D eigenvalue weighted by Crippen LogP contribution is -2.46. The average Bonchev–Trinajstić information content (AvgIpc) is 3.29. The van der Waals surface area contributed by atoms with Gasteiger partial charge in [-0.1, -0.05) is 0 Å². The minimum Gasteiger partial charge on any atom is -0.459 e. The molecule has 3 amide bonds. The second-order valence-electron chi connectivity index (χ2n) is 5.75. The summed E-state index contributed by atoms with van der Waals surface area (Å²) in [5.74, 6) is -0.886. The number of fused-ring (bicyclic) bond motifs is 1. The number of amides is 3. The zero-order chi connectivity index (χ0) is 17.8. The second-order valence-corrected chi connectivity index (χ2v) is 6.75. The van der Waals surface area contributed by atoms with Gasteiger partial charge in [0.1, 0.15) is 0 Å². The average molecular weight is 361 g/mol. The van der Waals surface area contributed by atoms with Gasteiger partial charge in [0, 0.05) is 11.4 Å². The number of furan rings is 1. The lowest BCUT2D eigenvalue weighted by molar-refractivity contribution is -0.134. The van der Waals surface area contributed by atoms with Gasteiger partial charge in [-0.3, -0.25) is 14.4 Å². The van der Waals surface area contributed by atoms with E-state index in [0.717, 1.165) is 6.42 Å². The predicted molar refractivity (Wildman–Crippen MR) is 92.2 cm³/mol. The number of nitrogens with one attached hydrogen (secondary N) is 2. The smallest absolute Gasteiger partial charge is 0.287 e. The van der Waals surface area contributed by atoms with Gasteiger partial charge in [-0.2, -0.15) is 0 Å². The van der Waals surface area contributed by atoms with E-state index >= 15 is 0 Å². The lowest BCUT2D eigenvalue weighted by atomic mass is 10.0. The van der Waals surface area contributed by atoms with Gasteiger partial charge in [-0.05, 0) is 42.5 Å². The highest BCUT2D eigenvalue weighted by atomic mass is 32.1. The zero-order valence-corrected chi connectivity index (χ0v) is 14.6. The molecule has 0 fully saturated rings. The Balaban J connectivity index is 1.44. The van der Waals surface area contributed by atoms with Crippen LogP contribution in [0.3, 0.4) is 0 Å². The molecule has 1 atom stereocenters. The Morgan fingerprint density at radius 3 is 2.88 bits per heavy atom. The van der Waals surface area contributed by atoms with Crippen LogP contribution >= 0.6 is 11.3 Å². The first kappa shape index (κ1) is 17.2. The van der Waals surface area contributed by atoms with Gasteiger partial charge < -0.3 is 20.0 Å². The third-order valence-electron chi connectivity index (χ3n) is 4.19. The number of hydrogen-bond acceptors (Lipinski definition) is 5. The van der Waals surface area contributed by atoms with Crippen molar-refractivity contribution in [1.82, 2.24) is 15.5 Å². The highest BCUT2D eigenvalue weighted by Gasteiger charge is 2.28. The summed E-state index contributed by atoms with van der Waals surface area (Å²) in [4.78, 5) is 39.0. The molecule has 132 valence electrons. The van der Waals surface area contributed by atoms with Crippen molar-refractivity contribution in [3.63, 3.8) is 0 Å². The van der Waals surface area contributed by atoms with Crippen molar-refractivity contribution >= 4 is 29.1 Å². The van der Waals surface area contributed by atoms with Crippen LogP contribution in [0.15, 0.2) is 34.3 Å². The van der Waals surface area contributed by atoms with Gasteiger partial charge in [-0.15, -0.1) is 11.3 Å². The van der Waals surface area contributed by atoms with E-state index in [-0.39, 0.29) is 30.8 Å². The van der Waals surface area contributed by atoms with E-state index in [1.165, 1.54) is 22.8 Å². The fourth-order valence-electron chi connectivity index (χ4n) is 2.84. The molecule has 0 saturated carbocycles. The van der Waals surface area contributed by atoms with Gasteiger partial charge >= 0.3 is 0 Å². The van der Waals surface area contributed by atoms with Crippen LogP contribution in [-0.2, 0) is 16.0 Å². The van der Waals surface area contributed by atoms with Gasteiger partial charge in [0.25, 0.3) is 5.91 Å². The van der Waals surface area contributed by atoms with E-state index in [9.17, 15) is 14.4 Å². The molecule has 0 saturated heterocycles. The van der Waals surface area contributed by atoms with Gasteiger partial charge in [0.05, 0.1) is 25.4 Å². The Morgan fingerprint density at radius 2 is 2.12 bits per heavy atom. The molecule has 1 aliphatic rings. The summed E-state index contributed by atoms with van der Waals surface area (Å²) < 4.78 is 4.94. The summed E-state index contributed by atoms with van der Waals surface area (Å²) in [5, 5.41) is 7.02. The quantitative estimate of drug-likeness (QED) is 0.841. The minimum absolute atomic E-state index is 0.0121. The monoisotopic (exact) mass is 361 g/mol. The molecule has 0 radical (unpaired) electrons. The molecule has 8 heteroatoms. The molecule has 1 aliphatic heterocycles. The predicted octanol–water partition coefficient (Wildman–Crippen LogP) is 1.33. The van der Waals surface area contributed by atoms with Crippen LogP contribution in [0.4, 0.5) is 0 Å². The van der Waals surface area contributed by atoms with Crippen LogP contribution in [0.5, 0.6) is 0 Å². The number of rotatable bonds is 5. The molecule has 25 heavy (non-hydrogen) atoms. The van der Waals surface area contributed by atoms with Gasteiger partial charge in [-0.25, -0.2) is 0 Å². The molecule has 0 bridgehead atoms. The summed E-state index contributed by atoms with van der Waals surface area (Å²) >= 11 is 1.71. The summed E-state index contributed by atoms with van der Waals surface area (Å²) in [6.07, 6.45) is 2.22. The molecule has 0 unspecified atom stereocenters. The van der Waals surface area contributed by atoms with Crippen molar-refractivity contribution in [1.29, 1.82) is 0 Å². The van der Waals surface area contributed by atoms with Crippen LogP contribution < -0.4 is 10.6 Å². The number of nitrogens with zero attached hydrogens (tertiary/aromatic N) is 1. The van der Waals surface area contributed by atoms with E-state index in [1.54, 1.807) is 22.3 Å². The van der Waals surface area contributed by atoms with E-state index in [1.807, 2.05) is 18.4 Å². The van der Waals surface area contributed by atoms with Crippen molar-refractivity contribution in [3.8, 4) is 0 Å². The van der Waals surface area contributed by atoms with Crippen LogP contribution in [-0.4, -0.2) is 42.3 Å². The third-order valence-corrected chi connectivity index (χ3v) is 5.19. The van der Waals surface area contributed by atoms with Crippen LogP contribution in [0.25, 0.3) is 0 Å². The Hall–Kier alpha value is -2.61. The number of thiophene rings is 1. The highest BCUT2D eigenvalue weighted by Crippen LogP contribution is 2.32. The van der Waals surface area contributed by atoms with Gasteiger partial charge in [0.15, 0.2) is 5.76 Å². The minimum atomic E-state index is -0.471. The first-order valence-electron chi connectivity index (χ1n) is 8.00. The van der Waals surface area contributed by atoms with E-state index in [2.05, 4.69) is 10.6 Å². The molecule has 2 N–H and O–H groups in total.